The molecule has 23 heavy (non-hydrogen) atoms. The summed E-state index contributed by atoms with van der Waals surface area (Å²) in [6.45, 7) is 2.84. The molecular formula is C18H20N2O2S. The molecule has 0 saturated carbocycles. The maximum absolute atomic E-state index is 12.2. The molecule has 0 radical (unpaired) electrons. The van der Waals surface area contributed by atoms with Crippen molar-refractivity contribution in [1.82, 2.24) is 10.6 Å². The van der Waals surface area contributed by atoms with E-state index in [1.165, 1.54) is 0 Å². The third kappa shape index (κ3) is 5.14. The Morgan fingerprint density at radius 1 is 0.870 bits per heavy atom. The van der Waals surface area contributed by atoms with E-state index < -0.39 is 0 Å². The second-order valence-corrected chi connectivity index (χ2v) is 6.11. The number of hydrogen-bond donors (Lipinski definition) is 2. The van der Waals surface area contributed by atoms with Gasteiger partial charge in [0.15, 0.2) is 0 Å². The number of carbonyl (C=O) groups excluding carboxylic acids is 2. The molecular weight excluding hydrogens is 308 g/mol. The SMILES string of the molecule is CCSc1ccccc1C(=O)NCCNC(=O)c1ccccc1. The van der Waals surface area contributed by atoms with E-state index in [0.717, 1.165) is 10.6 Å². The molecule has 0 aliphatic rings. The van der Waals surface area contributed by atoms with Gasteiger partial charge in [0.05, 0.1) is 5.56 Å². The lowest BCUT2D eigenvalue weighted by Gasteiger charge is -2.10. The normalized spacial score (nSPS) is 10.1. The van der Waals surface area contributed by atoms with Crippen molar-refractivity contribution in [2.45, 2.75) is 11.8 Å². The Bertz CT molecular complexity index is 659. The minimum absolute atomic E-state index is 0.115. The van der Waals surface area contributed by atoms with E-state index in [-0.39, 0.29) is 11.8 Å². The van der Waals surface area contributed by atoms with Gasteiger partial charge in [-0.05, 0) is 30.0 Å². The topological polar surface area (TPSA) is 58.2 Å². The maximum Gasteiger partial charge on any atom is 0.252 e. The van der Waals surface area contributed by atoms with E-state index >= 15 is 0 Å². The zero-order valence-corrected chi connectivity index (χ0v) is 13.9. The summed E-state index contributed by atoms with van der Waals surface area (Å²) in [4.78, 5) is 25.1. The van der Waals surface area contributed by atoms with Gasteiger partial charge in [-0.3, -0.25) is 9.59 Å². The zero-order valence-electron chi connectivity index (χ0n) is 13.0. The molecule has 2 aromatic rings. The van der Waals surface area contributed by atoms with Crippen LogP contribution in [0.2, 0.25) is 0 Å². The minimum Gasteiger partial charge on any atom is -0.350 e. The number of carbonyl (C=O) groups is 2. The molecule has 0 heterocycles. The largest absolute Gasteiger partial charge is 0.350 e. The number of benzene rings is 2. The van der Waals surface area contributed by atoms with Crippen molar-refractivity contribution in [1.29, 1.82) is 0 Å². The highest BCUT2D eigenvalue weighted by atomic mass is 32.2. The van der Waals surface area contributed by atoms with Gasteiger partial charge < -0.3 is 10.6 Å². The highest BCUT2D eigenvalue weighted by Crippen LogP contribution is 2.21. The van der Waals surface area contributed by atoms with Crippen LogP contribution >= 0.6 is 11.8 Å². The average Bonchev–Trinajstić information content (AvgIpc) is 2.60. The van der Waals surface area contributed by atoms with Crippen molar-refractivity contribution in [3.63, 3.8) is 0 Å². The predicted molar refractivity (Wildman–Crippen MR) is 93.9 cm³/mol. The second-order valence-electron chi connectivity index (χ2n) is 4.81. The van der Waals surface area contributed by atoms with Gasteiger partial charge in [0.1, 0.15) is 0 Å². The van der Waals surface area contributed by atoms with Crippen molar-refractivity contribution < 1.29 is 9.59 Å². The van der Waals surface area contributed by atoms with E-state index in [1.54, 1.807) is 23.9 Å². The van der Waals surface area contributed by atoms with Crippen LogP contribution in [0.25, 0.3) is 0 Å². The lowest BCUT2D eigenvalue weighted by molar-refractivity contribution is 0.0926. The van der Waals surface area contributed by atoms with Crippen molar-refractivity contribution in [3.8, 4) is 0 Å². The van der Waals surface area contributed by atoms with Crippen molar-refractivity contribution in [2.24, 2.45) is 0 Å². The molecule has 5 heteroatoms. The quantitative estimate of drug-likeness (QED) is 0.607. The number of amides is 2. The maximum atomic E-state index is 12.2. The molecule has 0 atom stereocenters. The summed E-state index contributed by atoms with van der Waals surface area (Å²) in [5, 5.41) is 5.62. The molecule has 0 aromatic heterocycles. The Balaban J connectivity index is 1.80. The Labute approximate surface area is 140 Å². The molecule has 0 aliphatic carbocycles. The molecule has 0 spiro atoms. The van der Waals surface area contributed by atoms with Crippen molar-refractivity contribution in [3.05, 3.63) is 65.7 Å². The molecule has 4 nitrogen and oxygen atoms in total. The van der Waals surface area contributed by atoms with E-state index in [1.807, 2.05) is 42.5 Å². The molecule has 120 valence electrons. The van der Waals surface area contributed by atoms with Gasteiger partial charge in [0.2, 0.25) is 0 Å². The molecule has 0 bridgehead atoms. The van der Waals surface area contributed by atoms with Crippen LogP contribution in [0.5, 0.6) is 0 Å². The molecule has 2 aromatic carbocycles. The first-order valence-corrected chi connectivity index (χ1v) is 8.54. The van der Waals surface area contributed by atoms with Crippen LogP contribution in [-0.4, -0.2) is 30.7 Å². The number of rotatable bonds is 7. The van der Waals surface area contributed by atoms with Gasteiger partial charge in [-0.25, -0.2) is 0 Å². The van der Waals surface area contributed by atoms with Crippen LogP contribution in [0.4, 0.5) is 0 Å². The summed E-state index contributed by atoms with van der Waals surface area (Å²) in [6.07, 6.45) is 0. The minimum atomic E-state index is -0.137. The fraction of sp³-hybridized carbons (Fsp3) is 0.222. The first-order chi connectivity index (χ1) is 11.2. The summed E-state index contributed by atoms with van der Waals surface area (Å²) in [5.41, 5.74) is 1.29. The summed E-state index contributed by atoms with van der Waals surface area (Å²) in [5.74, 6) is 0.662. The molecule has 2 N–H and O–H groups in total. The number of thioether (sulfide) groups is 1. The molecule has 0 saturated heterocycles. The first-order valence-electron chi connectivity index (χ1n) is 7.55. The monoisotopic (exact) mass is 328 g/mol. The van der Waals surface area contributed by atoms with Crippen LogP contribution < -0.4 is 10.6 Å². The zero-order chi connectivity index (χ0) is 16.5. The van der Waals surface area contributed by atoms with Crippen molar-refractivity contribution in [2.75, 3.05) is 18.8 Å². The number of nitrogens with one attached hydrogen (secondary N) is 2. The second kappa shape index (κ2) is 9.00. The Kier molecular flexibility index (Phi) is 6.69. The Morgan fingerprint density at radius 3 is 2.17 bits per heavy atom. The van der Waals surface area contributed by atoms with Crippen LogP contribution in [0.3, 0.4) is 0 Å². The molecule has 2 amide bonds. The third-order valence-electron chi connectivity index (χ3n) is 3.16. The Hall–Kier alpha value is -2.27. The summed E-state index contributed by atoms with van der Waals surface area (Å²) >= 11 is 1.64. The fourth-order valence-corrected chi connectivity index (χ4v) is 2.88. The molecule has 2 rings (SSSR count). The third-order valence-corrected chi connectivity index (χ3v) is 4.12. The lowest BCUT2D eigenvalue weighted by Crippen LogP contribution is -2.34. The highest BCUT2D eigenvalue weighted by molar-refractivity contribution is 7.99. The van der Waals surface area contributed by atoms with Gasteiger partial charge in [-0.2, -0.15) is 0 Å². The van der Waals surface area contributed by atoms with Gasteiger partial charge in [-0.1, -0.05) is 37.3 Å². The standard InChI is InChI=1S/C18H20N2O2S/c1-2-23-16-11-7-6-10-15(16)18(22)20-13-12-19-17(21)14-8-4-3-5-9-14/h3-11H,2,12-13H2,1H3,(H,19,21)(H,20,22). The van der Waals surface area contributed by atoms with Gasteiger partial charge in [-0.15, -0.1) is 11.8 Å². The average molecular weight is 328 g/mol. The summed E-state index contributed by atoms with van der Waals surface area (Å²) in [6, 6.07) is 16.6. The fourth-order valence-electron chi connectivity index (χ4n) is 2.07. The van der Waals surface area contributed by atoms with Crippen LogP contribution in [0, 0.1) is 0 Å². The van der Waals surface area contributed by atoms with Crippen LogP contribution in [0.15, 0.2) is 59.5 Å². The van der Waals surface area contributed by atoms with E-state index in [0.29, 0.717) is 24.2 Å². The lowest BCUT2D eigenvalue weighted by atomic mass is 10.2. The van der Waals surface area contributed by atoms with Gasteiger partial charge in [0, 0.05) is 23.5 Å². The smallest absolute Gasteiger partial charge is 0.252 e. The van der Waals surface area contributed by atoms with E-state index in [9.17, 15) is 9.59 Å². The van der Waals surface area contributed by atoms with Crippen molar-refractivity contribution >= 4 is 23.6 Å². The van der Waals surface area contributed by atoms with E-state index in [4.69, 9.17) is 0 Å². The predicted octanol–water partition coefficient (Wildman–Crippen LogP) is 2.96. The molecule has 0 unspecified atom stereocenters. The highest BCUT2D eigenvalue weighted by Gasteiger charge is 2.10. The Morgan fingerprint density at radius 2 is 1.48 bits per heavy atom. The summed E-state index contributed by atoms with van der Waals surface area (Å²) in [7, 11) is 0. The summed E-state index contributed by atoms with van der Waals surface area (Å²) < 4.78 is 0. The van der Waals surface area contributed by atoms with Crippen LogP contribution in [0.1, 0.15) is 27.6 Å². The first kappa shape index (κ1) is 17.1. The molecule has 0 fully saturated rings. The van der Waals surface area contributed by atoms with E-state index in [2.05, 4.69) is 17.6 Å². The van der Waals surface area contributed by atoms with Crippen LogP contribution in [-0.2, 0) is 0 Å². The van der Waals surface area contributed by atoms with Gasteiger partial charge in [0.25, 0.3) is 11.8 Å². The molecule has 0 aliphatic heterocycles. The van der Waals surface area contributed by atoms with Gasteiger partial charge >= 0.3 is 0 Å². The number of hydrogen-bond acceptors (Lipinski definition) is 3.